The Morgan fingerprint density at radius 3 is 2.53 bits per heavy atom. The van der Waals surface area contributed by atoms with Crippen LogP contribution in [0.5, 0.6) is 23.0 Å². The molecule has 5 N–H and O–H groups in total. The molecule has 0 radical (unpaired) electrons. The third kappa shape index (κ3) is 3.96. The van der Waals surface area contributed by atoms with Gasteiger partial charge in [-0.25, -0.2) is 0 Å². The van der Waals surface area contributed by atoms with Crippen molar-refractivity contribution in [2.24, 2.45) is 11.5 Å². The second-order valence-corrected chi connectivity index (χ2v) is 9.05. The first-order valence-corrected chi connectivity index (χ1v) is 11.9. The molecule has 0 saturated heterocycles. The Morgan fingerprint density at radius 1 is 1.12 bits per heavy atom. The van der Waals surface area contributed by atoms with Gasteiger partial charge in [-0.3, -0.25) is 0 Å². The van der Waals surface area contributed by atoms with Crippen LogP contribution >= 0.6 is 0 Å². The minimum Gasteiger partial charge on any atom is -0.493 e. The van der Waals surface area contributed by atoms with Crippen LogP contribution in [0, 0.1) is 0 Å². The van der Waals surface area contributed by atoms with Crippen molar-refractivity contribution >= 4 is 5.69 Å². The van der Waals surface area contributed by atoms with Crippen molar-refractivity contribution in [3.8, 4) is 23.0 Å². The van der Waals surface area contributed by atoms with Gasteiger partial charge in [-0.15, -0.1) is 0 Å². The van der Waals surface area contributed by atoms with Gasteiger partial charge in [-0.05, 0) is 18.1 Å². The van der Waals surface area contributed by atoms with E-state index in [0.29, 0.717) is 39.3 Å². The van der Waals surface area contributed by atoms with Crippen molar-refractivity contribution < 1.29 is 24.1 Å². The van der Waals surface area contributed by atoms with Crippen LogP contribution < -0.4 is 35.3 Å². The van der Waals surface area contributed by atoms with E-state index in [0.717, 1.165) is 41.7 Å². The highest BCUT2D eigenvalue weighted by molar-refractivity contribution is 5.64. The molecule has 0 bridgehead atoms. The Bertz CT molecular complexity index is 1050. The maximum absolute atomic E-state index is 10.3. The second kappa shape index (κ2) is 9.37. The summed E-state index contributed by atoms with van der Waals surface area (Å²) in [5, 5.41) is 10.3. The summed E-state index contributed by atoms with van der Waals surface area (Å²) in [5.74, 6) is 2.98. The normalized spacial score (nSPS) is 24.6. The van der Waals surface area contributed by atoms with Crippen LogP contribution in [0.2, 0.25) is 0 Å². The van der Waals surface area contributed by atoms with Crippen molar-refractivity contribution in [1.29, 1.82) is 0 Å². The summed E-state index contributed by atoms with van der Waals surface area (Å²) in [6.07, 6.45) is 4.85. The van der Waals surface area contributed by atoms with Crippen LogP contribution in [0.25, 0.3) is 0 Å². The summed E-state index contributed by atoms with van der Waals surface area (Å²) in [6, 6.07) is 10.0. The van der Waals surface area contributed by atoms with Gasteiger partial charge in [0.25, 0.3) is 0 Å². The highest BCUT2D eigenvalue weighted by Crippen LogP contribution is 2.56. The average Bonchev–Trinajstić information content (AvgIpc) is 3.08. The van der Waals surface area contributed by atoms with Crippen LogP contribution in [-0.2, 0) is 12.0 Å². The lowest BCUT2D eigenvalue weighted by molar-refractivity contribution is 0.0856. The lowest BCUT2D eigenvalue weighted by Gasteiger charge is -2.36. The number of hydrogen-bond donors (Lipinski definition) is 3. The van der Waals surface area contributed by atoms with E-state index >= 15 is 0 Å². The fraction of sp³-hybridized carbons (Fsp3) is 0.462. The molecule has 0 fully saturated rings. The lowest BCUT2D eigenvalue weighted by Crippen LogP contribution is -2.43. The van der Waals surface area contributed by atoms with Gasteiger partial charge in [0, 0.05) is 62.0 Å². The monoisotopic (exact) mass is 467 g/mol. The quantitative estimate of drug-likeness (QED) is 0.506. The minimum absolute atomic E-state index is 0.125. The fourth-order valence-corrected chi connectivity index (χ4v) is 5.42. The molecule has 5 rings (SSSR count). The number of anilines is 1. The molecule has 1 spiro atoms. The Kier molecular flexibility index (Phi) is 6.29. The van der Waals surface area contributed by atoms with E-state index in [4.69, 9.17) is 30.4 Å². The average molecular weight is 468 g/mol. The number of aliphatic hydroxyl groups excluding tert-OH is 1. The molecule has 3 aliphatic rings. The van der Waals surface area contributed by atoms with E-state index in [1.807, 2.05) is 30.3 Å². The minimum atomic E-state index is -0.502. The number of hydrogen-bond acceptors (Lipinski definition) is 8. The first kappa shape index (κ1) is 22.8. The molecule has 8 heteroatoms. The zero-order valence-corrected chi connectivity index (χ0v) is 19.5. The van der Waals surface area contributed by atoms with E-state index in [1.165, 1.54) is 11.1 Å². The molecule has 0 amide bonds. The molecule has 0 saturated carbocycles. The molecular formula is C26H33N3O5. The van der Waals surface area contributed by atoms with E-state index in [9.17, 15) is 5.11 Å². The van der Waals surface area contributed by atoms with Crippen LogP contribution in [0.3, 0.4) is 0 Å². The predicted molar refractivity (Wildman–Crippen MR) is 130 cm³/mol. The highest BCUT2D eigenvalue weighted by atomic mass is 16.5. The summed E-state index contributed by atoms with van der Waals surface area (Å²) in [5.41, 5.74) is 14.4. The number of nitrogens with two attached hydrogens (primary N) is 2. The molecule has 2 heterocycles. The van der Waals surface area contributed by atoms with Crippen molar-refractivity contribution in [2.75, 3.05) is 44.9 Å². The van der Waals surface area contributed by atoms with Gasteiger partial charge >= 0.3 is 0 Å². The van der Waals surface area contributed by atoms with Gasteiger partial charge in [-0.2, -0.15) is 0 Å². The van der Waals surface area contributed by atoms with Crippen molar-refractivity contribution in [3.63, 3.8) is 0 Å². The van der Waals surface area contributed by atoms with E-state index in [2.05, 4.69) is 17.0 Å². The topological polar surface area (TPSA) is 112 Å². The standard InChI is InChI=1S/C26H33N3O5/c1-31-22-3-2-17-16-29(18-12-20(32-10-7-27)15-21(13-18)33-11-8-28)9-6-26-5-4-19(30)14-23(26)34-25(22)24(17)26/h2-5,12-13,15,19,23,30H,6-11,14,16,27-28H2,1H3. The van der Waals surface area contributed by atoms with Crippen LogP contribution in [-0.4, -0.2) is 57.3 Å². The third-order valence-corrected chi connectivity index (χ3v) is 6.96. The van der Waals surface area contributed by atoms with Gasteiger partial charge in [0.15, 0.2) is 11.5 Å². The van der Waals surface area contributed by atoms with Gasteiger partial charge in [0.2, 0.25) is 0 Å². The van der Waals surface area contributed by atoms with Gasteiger partial charge in [-0.1, -0.05) is 18.2 Å². The maximum atomic E-state index is 10.3. The third-order valence-electron chi connectivity index (χ3n) is 6.96. The van der Waals surface area contributed by atoms with E-state index in [1.54, 1.807) is 7.11 Å². The molecule has 2 aromatic carbocycles. The Labute approximate surface area is 200 Å². The summed E-state index contributed by atoms with van der Waals surface area (Å²) in [4.78, 5) is 2.34. The van der Waals surface area contributed by atoms with Gasteiger partial charge < -0.3 is 40.4 Å². The smallest absolute Gasteiger partial charge is 0.166 e. The molecule has 3 atom stereocenters. The summed E-state index contributed by atoms with van der Waals surface area (Å²) in [6.45, 7) is 3.24. The summed E-state index contributed by atoms with van der Waals surface area (Å²) >= 11 is 0. The van der Waals surface area contributed by atoms with Crippen LogP contribution in [0.4, 0.5) is 5.69 Å². The van der Waals surface area contributed by atoms with E-state index < -0.39 is 6.10 Å². The fourth-order valence-electron chi connectivity index (χ4n) is 5.42. The number of benzene rings is 2. The number of rotatable bonds is 8. The molecule has 2 aromatic rings. The van der Waals surface area contributed by atoms with Crippen LogP contribution in [0.1, 0.15) is 24.0 Å². The second-order valence-electron chi connectivity index (χ2n) is 9.05. The van der Waals surface area contributed by atoms with Crippen LogP contribution in [0.15, 0.2) is 42.5 Å². The molecule has 34 heavy (non-hydrogen) atoms. The number of methoxy groups -OCH3 is 1. The largest absolute Gasteiger partial charge is 0.493 e. The summed E-state index contributed by atoms with van der Waals surface area (Å²) < 4.78 is 23.8. The Hall–Kier alpha value is -2.94. The van der Waals surface area contributed by atoms with Gasteiger partial charge in [0.1, 0.15) is 30.8 Å². The SMILES string of the molecule is COc1ccc2c3c1OC1CC(O)C=CC31CCN(c1cc(OCCN)cc(OCCN)c1)C2. The number of aliphatic hydroxyl groups is 1. The predicted octanol–water partition coefficient (Wildman–Crippen LogP) is 2.10. The first-order valence-electron chi connectivity index (χ1n) is 11.9. The van der Waals surface area contributed by atoms with Crippen molar-refractivity contribution in [3.05, 3.63) is 53.6 Å². The van der Waals surface area contributed by atoms with Gasteiger partial charge in [0.05, 0.1) is 18.6 Å². The first-order chi connectivity index (χ1) is 16.6. The zero-order chi connectivity index (χ0) is 23.7. The Morgan fingerprint density at radius 2 is 1.85 bits per heavy atom. The molecule has 0 aromatic heterocycles. The van der Waals surface area contributed by atoms with Crippen molar-refractivity contribution in [2.45, 2.75) is 37.0 Å². The number of nitrogens with zero attached hydrogens (tertiary/aromatic N) is 1. The molecular weight excluding hydrogens is 434 g/mol. The lowest BCUT2D eigenvalue weighted by atomic mass is 9.69. The molecule has 3 unspecified atom stereocenters. The number of ether oxygens (including phenoxy) is 4. The van der Waals surface area contributed by atoms with E-state index in [-0.39, 0.29) is 11.5 Å². The molecule has 1 aliphatic carbocycles. The molecule has 8 nitrogen and oxygen atoms in total. The molecule has 182 valence electrons. The molecule has 2 aliphatic heterocycles. The zero-order valence-electron chi connectivity index (χ0n) is 19.5. The summed E-state index contributed by atoms with van der Waals surface area (Å²) in [7, 11) is 1.67. The Balaban J connectivity index is 1.55. The maximum Gasteiger partial charge on any atom is 0.166 e. The highest BCUT2D eigenvalue weighted by Gasteiger charge is 2.52. The van der Waals surface area contributed by atoms with Crippen molar-refractivity contribution in [1.82, 2.24) is 0 Å².